The number of aromatic nitrogens is 1. The van der Waals surface area contributed by atoms with Gasteiger partial charge in [-0.05, 0) is 18.6 Å². The van der Waals surface area contributed by atoms with Gasteiger partial charge in [0, 0.05) is 25.0 Å². The number of hydrogen-bond donors (Lipinski definition) is 0. The Bertz CT molecular complexity index is 433. The van der Waals surface area contributed by atoms with Gasteiger partial charge in [-0.2, -0.15) is 0 Å². The fraction of sp³-hybridized carbons (Fsp3) is 0.462. The van der Waals surface area contributed by atoms with Crippen molar-refractivity contribution in [3.63, 3.8) is 0 Å². The summed E-state index contributed by atoms with van der Waals surface area (Å²) in [6.45, 7) is 1.07. The number of methoxy groups -OCH3 is 1. The number of esters is 1. The first-order valence-corrected chi connectivity index (χ1v) is 5.96. The number of pyridine rings is 1. The van der Waals surface area contributed by atoms with Crippen LogP contribution in [0.25, 0.3) is 0 Å². The highest BCUT2D eigenvalue weighted by atomic mass is 16.5. The molecule has 0 saturated carbocycles. The van der Waals surface area contributed by atoms with Gasteiger partial charge < -0.3 is 9.64 Å². The molecule has 18 heavy (non-hydrogen) atoms. The van der Waals surface area contributed by atoms with Crippen LogP contribution in [0.3, 0.4) is 0 Å². The third-order valence-electron chi connectivity index (χ3n) is 3.13. The predicted molar refractivity (Wildman–Crippen MR) is 64.6 cm³/mol. The van der Waals surface area contributed by atoms with Crippen LogP contribution in [0.15, 0.2) is 24.4 Å². The van der Waals surface area contributed by atoms with Crippen molar-refractivity contribution >= 4 is 11.9 Å². The monoisotopic (exact) mass is 248 g/mol. The molecule has 1 amide bonds. The van der Waals surface area contributed by atoms with Crippen LogP contribution in [0.1, 0.15) is 12.1 Å². The SMILES string of the molecule is COC(=O)C1CCN(C(=O)Cc2ccccn2)C1. The third-order valence-corrected chi connectivity index (χ3v) is 3.13. The summed E-state index contributed by atoms with van der Waals surface area (Å²) in [5, 5.41) is 0. The van der Waals surface area contributed by atoms with E-state index in [2.05, 4.69) is 4.98 Å². The Morgan fingerprint density at radius 1 is 1.50 bits per heavy atom. The van der Waals surface area contributed by atoms with Gasteiger partial charge in [-0.25, -0.2) is 0 Å². The van der Waals surface area contributed by atoms with E-state index >= 15 is 0 Å². The summed E-state index contributed by atoms with van der Waals surface area (Å²) in [6.07, 6.45) is 2.64. The highest BCUT2D eigenvalue weighted by Crippen LogP contribution is 2.18. The molecule has 1 aliphatic rings. The number of ether oxygens (including phenoxy) is 1. The molecule has 1 unspecified atom stereocenters. The average Bonchev–Trinajstić information content (AvgIpc) is 2.88. The van der Waals surface area contributed by atoms with E-state index in [-0.39, 0.29) is 24.2 Å². The zero-order valence-electron chi connectivity index (χ0n) is 10.3. The van der Waals surface area contributed by atoms with E-state index in [4.69, 9.17) is 4.74 Å². The zero-order chi connectivity index (χ0) is 13.0. The lowest BCUT2D eigenvalue weighted by molar-refractivity contribution is -0.145. The lowest BCUT2D eigenvalue weighted by Crippen LogP contribution is -2.31. The van der Waals surface area contributed by atoms with Gasteiger partial charge in [-0.15, -0.1) is 0 Å². The van der Waals surface area contributed by atoms with Crippen LogP contribution in [-0.4, -0.2) is 42.0 Å². The molecular weight excluding hydrogens is 232 g/mol. The van der Waals surface area contributed by atoms with Crippen LogP contribution in [-0.2, 0) is 20.7 Å². The largest absolute Gasteiger partial charge is 0.469 e. The maximum Gasteiger partial charge on any atom is 0.310 e. The predicted octanol–water partition coefficient (Wildman–Crippen LogP) is 0.646. The summed E-state index contributed by atoms with van der Waals surface area (Å²) in [6, 6.07) is 5.50. The minimum absolute atomic E-state index is 0.0140. The number of hydrogen-bond acceptors (Lipinski definition) is 4. The molecule has 96 valence electrons. The number of carbonyl (C=O) groups is 2. The average molecular weight is 248 g/mol. The van der Waals surface area contributed by atoms with Crippen molar-refractivity contribution in [2.24, 2.45) is 5.92 Å². The van der Waals surface area contributed by atoms with Gasteiger partial charge in [-0.1, -0.05) is 6.07 Å². The zero-order valence-corrected chi connectivity index (χ0v) is 10.3. The molecule has 1 aliphatic heterocycles. The molecule has 0 spiro atoms. The Hall–Kier alpha value is -1.91. The summed E-state index contributed by atoms with van der Waals surface area (Å²) in [7, 11) is 1.38. The van der Waals surface area contributed by atoms with Crippen LogP contribution in [0.5, 0.6) is 0 Å². The van der Waals surface area contributed by atoms with Gasteiger partial charge in [-0.3, -0.25) is 14.6 Å². The van der Waals surface area contributed by atoms with Crippen molar-refractivity contribution < 1.29 is 14.3 Å². The first-order valence-electron chi connectivity index (χ1n) is 5.96. The fourth-order valence-electron chi connectivity index (χ4n) is 2.12. The summed E-state index contributed by atoms with van der Waals surface area (Å²) < 4.78 is 4.69. The second-order valence-corrected chi connectivity index (χ2v) is 4.35. The number of nitrogens with zero attached hydrogens (tertiary/aromatic N) is 2. The van der Waals surface area contributed by atoms with Crippen molar-refractivity contribution in [1.82, 2.24) is 9.88 Å². The quantitative estimate of drug-likeness (QED) is 0.737. The van der Waals surface area contributed by atoms with E-state index in [9.17, 15) is 9.59 Å². The Balaban J connectivity index is 1.90. The molecule has 0 N–H and O–H groups in total. The van der Waals surface area contributed by atoms with E-state index < -0.39 is 0 Å². The Morgan fingerprint density at radius 3 is 3.00 bits per heavy atom. The fourth-order valence-corrected chi connectivity index (χ4v) is 2.12. The molecule has 2 rings (SSSR count). The van der Waals surface area contributed by atoms with Crippen LogP contribution in [0.4, 0.5) is 0 Å². The standard InChI is InChI=1S/C13H16N2O3/c1-18-13(17)10-5-7-15(9-10)12(16)8-11-4-2-3-6-14-11/h2-4,6,10H,5,7-9H2,1H3. The van der Waals surface area contributed by atoms with E-state index in [1.807, 2.05) is 18.2 Å². The molecule has 0 aliphatic carbocycles. The van der Waals surface area contributed by atoms with E-state index in [1.54, 1.807) is 11.1 Å². The minimum Gasteiger partial charge on any atom is -0.469 e. The molecule has 0 bridgehead atoms. The van der Waals surface area contributed by atoms with Gasteiger partial charge in [0.15, 0.2) is 0 Å². The van der Waals surface area contributed by atoms with Crippen LogP contribution in [0, 0.1) is 5.92 Å². The van der Waals surface area contributed by atoms with Crippen LogP contribution in [0.2, 0.25) is 0 Å². The van der Waals surface area contributed by atoms with Gasteiger partial charge in [0.2, 0.25) is 5.91 Å². The van der Waals surface area contributed by atoms with Gasteiger partial charge in [0.25, 0.3) is 0 Å². The van der Waals surface area contributed by atoms with Crippen molar-refractivity contribution in [3.05, 3.63) is 30.1 Å². The minimum atomic E-state index is -0.233. The van der Waals surface area contributed by atoms with Crippen LogP contribution < -0.4 is 0 Å². The highest BCUT2D eigenvalue weighted by Gasteiger charge is 2.31. The normalized spacial score (nSPS) is 18.7. The molecule has 1 atom stereocenters. The summed E-state index contributed by atoms with van der Waals surface area (Å²) in [5.41, 5.74) is 0.754. The van der Waals surface area contributed by atoms with Crippen molar-refractivity contribution in [2.45, 2.75) is 12.8 Å². The van der Waals surface area contributed by atoms with E-state index in [0.717, 1.165) is 5.69 Å². The topological polar surface area (TPSA) is 59.5 Å². The first kappa shape index (κ1) is 12.5. The maximum absolute atomic E-state index is 12.0. The van der Waals surface area contributed by atoms with Gasteiger partial charge in [0.05, 0.1) is 19.4 Å². The molecule has 2 heterocycles. The molecule has 0 radical (unpaired) electrons. The Labute approximate surface area is 106 Å². The van der Waals surface area contributed by atoms with E-state index in [0.29, 0.717) is 19.5 Å². The number of rotatable bonds is 3. The molecule has 1 saturated heterocycles. The second-order valence-electron chi connectivity index (χ2n) is 4.35. The highest BCUT2D eigenvalue weighted by molar-refractivity contribution is 5.80. The second kappa shape index (κ2) is 5.62. The van der Waals surface area contributed by atoms with Crippen molar-refractivity contribution in [1.29, 1.82) is 0 Å². The smallest absolute Gasteiger partial charge is 0.310 e. The van der Waals surface area contributed by atoms with Crippen LogP contribution >= 0.6 is 0 Å². The Morgan fingerprint density at radius 2 is 2.33 bits per heavy atom. The lowest BCUT2D eigenvalue weighted by atomic mass is 10.1. The van der Waals surface area contributed by atoms with Gasteiger partial charge >= 0.3 is 5.97 Å². The molecule has 1 fully saturated rings. The molecular formula is C13H16N2O3. The summed E-state index contributed by atoms with van der Waals surface area (Å²) in [4.78, 5) is 29.2. The molecule has 0 aromatic carbocycles. The summed E-state index contributed by atoms with van der Waals surface area (Å²) in [5.74, 6) is -0.397. The maximum atomic E-state index is 12.0. The first-order chi connectivity index (χ1) is 8.70. The number of amides is 1. The van der Waals surface area contributed by atoms with Crippen molar-refractivity contribution in [3.8, 4) is 0 Å². The number of likely N-dealkylation sites (tertiary alicyclic amines) is 1. The Kier molecular flexibility index (Phi) is 3.92. The molecule has 5 heteroatoms. The lowest BCUT2D eigenvalue weighted by Gasteiger charge is -2.15. The molecule has 5 nitrogen and oxygen atoms in total. The van der Waals surface area contributed by atoms with E-state index in [1.165, 1.54) is 7.11 Å². The third kappa shape index (κ3) is 2.85. The summed E-state index contributed by atoms with van der Waals surface area (Å²) >= 11 is 0. The number of carbonyl (C=O) groups excluding carboxylic acids is 2. The van der Waals surface area contributed by atoms with Crippen molar-refractivity contribution in [2.75, 3.05) is 20.2 Å². The molecule has 1 aromatic heterocycles. The molecule has 1 aromatic rings. The van der Waals surface area contributed by atoms with Gasteiger partial charge in [0.1, 0.15) is 0 Å².